The van der Waals surface area contributed by atoms with E-state index < -0.39 is 22.6 Å². The summed E-state index contributed by atoms with van der Waals surface area (Å²) in [7, 11) is -0.681. The van der Waals surface area contributed by atoms with Gasteiger partial charge in [-0.15, -0.1) is 0 Å². The second kappa shape index (κ2) is 10.1. The highest BCUT2D eigenvalue weighted by Crippen LogP contribution is 2.42. The summed E-state index contributed by atoms with van der Waals surface area (Å²) < 4.78 is 17.4. The van der Waals surface area contributed by atoms with Crippen LogP contribution in [0.25, 0.3) is 0 Å². The van der Waals surface area contributed by atoms with E-state index in [1.54, 1.807) is 14.2 Å². The molecule has 24 heavy (non-hydrogen) atoms. The van der Waals surface area contributed by atoms with E-state index in [1.807, 2.05) is 13.8 Å². The Bertz CT molecular complexity index is 371. The third-order valence-electron chi connectivity index (χ3n) is 4.83. The van der Waals surface area contributed by atoms with Crippen LogP contribution in [0.2, 0.25) is 22.7 Å². The third kappa shape index (κ3) is 5.97. The Morgan fingerprint density at radius 3 is 1.67 bits per heavy atom. The number of carbonyl (C=O) groups is 1. The third-order valence-corrected chi connectivity index (χ3v) is 12.7. The van der Waals surface area contributed by atoms with E-state index in [0.717, 1.165) is 12.1 Å². The fourth-order valence-electron chi connectivity index (χ4n) is 3.34. The highest BCUT2D eigenvalue weighted by Gasteiger charge is 2.51. The SMILES string of the molecule is CCC(C)(C(=O)O[Si](CC(C)C)(CC(C)C)C(C)C)[Si](OC)OC. The first-order valence-corrected chi connectivity index (χ1v) is 12.9. The molecule has 0 amide bonds. The highest BCUT2D eigenvalue weighted by atomic mass is 28.4. The summed E-state index contributed by atoms with van der Waals surface area (Å²) in [6.45, 7) is 17.2. The summed E-state index contributed by atoms with van der Waals surface area (Å²) in [4.78, 5) is 13.2. The average Bonchev–Trinajstić information content (AvgIpc) is 2.46. The van der Waals surface area contributed by atoms with Crippen LogP contribution < -0.4 is 0 Å². The molecule has 6 heteroatoms. The van der Waals surface area contributed by atoms with E-state index >= 15 is 0 Å². The monoisotopic (exact) mass is 375 g/mol. The Labute approximate surface area is 152 Å². The summed E-state index contributed by atoms with van der Waals surface area (Å²) in [5.41, 5.74) is 0.396. The van der Waals surface area contributed by atoms with Gasteiger partial charge in [0.2, 0.25) is 0 Å². The Kier molecular flexibility index (Phi) is 10.0. The van der Waals surface area contributed by atoms with Gasteiger partial charge in [0, 0.05) is 14.2 Å². The summed E-state index contributed by atoms with van der Waals surface area (Å²) in [5.74, 6) is 0.922. The van der Waals surface area contributed by atoms with Gasteiger partial charge in [0.1, 0.15) is 5.04 Å². The molecule has 0 spiro atoms. The van der Waals surface area contributed by atoms with Crippen molar-refractivity contribution in [1.29, 1.82) is 0 Å². The van der Waals surface area contributed by atoms with Crippen molar-refractivity contribution in [3.63, 3.8) is 0 Å². The molecular formula is C18H39O4Si2. The van der Waals surface area contributed by atoms with E-state index in [9.17, 15) is 4.79 Å². The largest absolute Gasteiger partial charge is 0.518 e. The van der Waals surface area contributed by atoms with Gasteiger partial charge in [-0.05, 0) is 42.8 Å². The maximum absolute atomic E-state index is 13.2. The molecule has 143 valence electrons. The van der Waals surface area contributed by atoms with Crippen molar-refractivity contribution in [2.45, 2.75) is 84.5 Å². The minimum Gasteiger partial charge on any atom is -0.518 e. The smallest absolute Gasteiger partial charge is 0.402 e. The summed E-state index contributed by atoms with van der Waals surface area (Å²) in [6.07, 6.45) is 0.660. The minimum absolute atomic E-state index is 0.121. The van der Waals surface area contributed by atoms with Crippen LogP contribution in [0.5, 0.6) is 0 Å². The molecule has 0 saturated carbocycles. The van der Waals surface area contributed by atoms with E-state index in [1.165, 1.54) is 0 Å². The van der Waals surface area contributed by atoms with Gasteiger partial charge in [-0.3, -0.25) is 4.79 Å². The second-order valence-corrected chi connectivity index (χ2v) is 15.0. The zero-order chi connectivity index (χ0) is 19.1. The maximum atomic E-state index is 13.2. The normalized spacial score (nSPS) is 15.4. The minimum atomic E-state index is -2.20. The zero-order valence-corrected chi connectivity index (χ0v) is 19.5. The molecule has 0 aromatic heterocycles. The molecule has 0 bridgehead atoms. The zero-order valence-electron chi connectivity index (χ0n) is 17.5. The predicted molar refractivity (Wildman–Crippen MR) is 105 cm³/mol. The molecule has 1 radical (unpaired) electrons. The molecule has 0 aliphatic rings. The van der Waals surface area contributed by atoms with Gasteiger partial charge in [-0.25, -0.2) is 0 Å². The quantitative estimate of drug-likeness (QED) is 0.469. The van der Waals surface area contributed by atoms with Crippen LogP contribution in [-0.4, -0.2) is 37.8 Å². The lowest BCUT2D eigenvalue weighted by atomic mass is 10.1. The molecule has 1 atom stereocenters. The number of carbonyl (C=O) groups excluding carboxylic acids is 1. The van der Waals surface area contributed by atoms with Gasteiger partial charge in [0.15, 0.2) is 0 Å². The van der Waals surface area contributed by atoms with Crippen molar-refractivity contribution in [2.24, 2.45) is 11.8 Å². The topological polar surface area (TPSA) is 44.8 Å². The van der Waals surface area contributed by atoms with E-state index in [2.05, 4.69) is 41.5 Å². The van der Waals surface area contributed by atoms with E-state index in [0.29, 0.717) is 23.8 Å². The van der Waals surface area contributed by atoms with Gasteiger partial charge in [0.25, 0.3) is 14.3 Å². The summed E-state index contributed by atoms with van der Waals surface area (Å²) >= 11 is 0. The molecule has 0 aromatic rings. The van der Waals surface area contributed by atoms with Crippen LogP contribution >= 0.6 is 0 Å². The van der Waals surface area contributed by atoms with Gasteiger partial charge in [-0.2, -0.15) is 0 Å². The molecular weight excluding hydrogens is 336 g/mol. The van der Waals surface area contributed by atoms with Crippen molar-refractivity contribution in [1.82, 2.24) is 0 Å². The lowest BCUT2D eigenvalue weighted by Gasteiger charge is -2.40. The van der Waals surface area contributed by atoms with Crippen molar-refractivity contribution >= 4 is 23.6 Å². The fourth-order valence-corrected chi connectivity index (χ4v) is 9.89. The van der Waals surface area contributed by atoms with Gasteiger partial charge in [-0.1, -0.05) is 48.5 Å². The second-order valence-electron chi connectivity index (χ2n) is 8.19. The van der Waals surface area contributed by atoms with Gasteiger partial charge in [0.05, 0.1) is 0 Å². The molecule has 0 aliphatic heterocycles. The van der Waals surface area contributed by atoms with Gasteiger partial charge >= 0.3 is 9.28 Å². The number of hydrogen-bond acceptors (Lipinski definition) is 4. The molecule has 0 saturated heterocycles. The predicted octanol–water partition coefficient (Wildman–Crippen LogP) is 5.15. The molecule has 0 N–H and O–H groups in total. The number of rotatable bonds is 11. The molecule has 1 unspecified atom stereocenters. The molecule has 0 heterocycles. The Balaban J connectivity index is 5.70. The van der Waals surface area contributed by atoms with Crippen LogP contribution in [0.3, 0.4) is 0 Å². The lowest BCUT2D eigenvalue weighted by Crippen LogP contribution is -2.50. The molecule has 0 rings (SSSR count). The molecule has 0 aliphatic carbocycles. The Hall–Kier alpha value is -0.176. The van der Waals surface area contributed by atoms with Crippen LogP contribution in [0.1, 0.15) is 61.8 Å². The summed E-state index contributed by atoms with van der Waals surface area (Å²) in [6, 6.07) is 2.02. The first kappa shape index (κ1) is 23.8. The standard InChI is InChI=1S/C18H39O4Si2/c1-11-18(8,23(20-9)21-10)17(19)22-24(16(6)7,12-14(2)3)13-15(4)5/h14-16H,11-13H2,1-10H3. The Morgan fingerprint density at radius 2 is 1.42 bits per heavy atom. The highest BCUT2D eigenvalue weighted by molar-refractivity contribution is 6.77. The van der Waals surface area contributed by atoms with Crippen molar-refractivity contribution < 1.29 is 18.1 Å². The van der Waals surface area contributed by atoms with Crippen molar-refractivity contribution in [3.05, 3.63) is 0 Å². The lowest BCUT2D eigenvalue weighted by molar-refractivity contribution is -0.139. The molecule has 4 nitrogen and oxygen atoms in total. The average molecular weight is 376 g/mol. The van der Waals surface area contributed by atoms with Crippen molar-refractivity contribution in [3.8, 4) is 0 Å². The van der Waals surface area contributed by atoms with E-state index in [-0.39, 0.29) is 5.97 Å². The van der Waals surface area contributed by atoms with Gasteiger partial charge < -0.3 is 13.3 Å². The van der Waals surface area contributed by atoms with E-state index in [4.69, 9.17) is 13.3 Å². The first-order valence-electron chi connectivity index (χ1n) is 9.17. The first-order chi connectivity index (χ1) is 11.0. The molecule has 0 aromatic carbocycles. The van der Waals surface area contributed by atoms with Crippen LogP contribution in [0.4, 0.5) is 0 Å². The number of hydrogen-bond donors (Lipinski definition) is 0. The maximum Gasteiger partial charge on any atom is 0.402 e. The van der Waals surface area contributed by atoms with Crippen LogP contribution in [0, 0.1) is 11.8 Å². The Morgan fingerprint density at radius 1 is 1.00 bits per heavy atom. The molecule has 0 fully saturated rings. The fraction of sp³-hybridized carbons (Fsp3) is 0.944. The summed E-state index contributed by atoms with van der Waals surface area (Å²) in [5, 5.41) is -0.685. The van der Waals surface area contributed by atoms with Crippen LogP contribution in [0.15, 0.2) is 0 Å². The van der Waals surface area contributed by atoms with Crippen LogP contribution in [-0.2, 0) is 18.1 Å². The van der Waals surface area contributed by atoms with Crippen molar-refractivity contribution in [2.75, 3.05) is 14.2 Å².